The standard InChI is InChI=1S/BrPS.2FH/c1-2-3;;/h;2*1H/p+1. The van der Waals surface area contributed by atoms with Crippen LogP contribution in [-0.4, -0.2) is 0 Å². The van der Waals surface area contributed by atoms with Gasteiger partial charge in [-0.15, -0.1) is 0 Å². The van der Waals surface area contributed by atoms with Crippen molar-refractivity contribution in [1.82, 2.24) is 0 Å². The molecule has 0 rings (SSSR count). The summed E-state index contributed by atoms with van der Waals surface area (Å²) in [4.78, 5) is 0. The molecule has 0 N–H and O–H groups in total. The van der Waals surface area contributed by atoms with Crippen molar-refractivity contribution in [1.29, 1.82) is 0 Å². The summed E-state index contributed by atoms with van der Waals surface area (Å²) in [5.41, 5.74) is 0. The number of hydrogen-bond acceptors (Lipinski definition) is 1. The topological polar surface area (TPSA) is 0 Å². The largest absolute Gasteiger partial charge is 0.269 e. The zero-order valence-corrected chi connectivity index (χ0v) is 5.51. The normalized spacial score (nSPS) is 4.20. The number of hydrogen-bond donors (Lipinski definition) is 0. The van der Waals surface area contributed by atoms with Crippen molar-refractivity contribution < 1.29 is 9.41 Å². The first-order chi connectivity index (χ1) is 1.41. The van der Waals surface area contributed by atoms with Gasteiger partial charge in [-0.2, -0.15) is 0 Å². The number of halogens is 3. The molecule has 5 heavy (non-hydrogen) atoms. The molecule has 5 heteroatoms. The van der Waals surface area contributed by atoms with Gasteiger partial charge in [0.05, 0.1) is 0 Å². The van der Waals surface area contributed by atoms with Gasteiger partial charge < -0.3 is 0 Å². The first-order valence-corrected chi connectivity index (χ1v) is 4.78. The van der Waals surface area contributed by atoms with Crippen molar-refractivity contribution in [3.05, 3.63) is 0 Å². The SMILES string of the molecule is F.F.S=[PH+]Br. The third kappa shape index (κ3) is 53.7. The van der Waals surface area contributed by atoms with Crippen molar-refractivity contribution in [2.75, 3.05) is 0 Å². The van der Waals surface area contributed by atoms with Gasteiger partial charge in [-0.3, -0.25) is 9.41 Å². The van der Waals surface area contributed by atoms with Crippen LogP contribution in [-0.2, 0) is 11.8 Å². The molecular formula is H3BrF2PS+. The van der Waals surface area contributed by atoms with E-state index in [1.54, 1.807) is 0 Å². The Hall–Kier alpha value is 0.860. The molecule has 0 saturated carbocycles. The first-order valence-electron chi connectivity index (χ1n) is 0.393. The van der Waals surface area contributed by atoms with Gasteiger partial charge in [0.1, 0.15) is 0 Å². The van der Waals surface area contributed by atoms with Crippen LogP contribution in [0.5, 0.6) is 0 Å². The second-order valence-electron chi connectivity index (χ2n) is 0.0772. The highest BCUT2D eigenvalue weighted by Crippen LogP contribution is 1.99. The third-order valence-corrected chi connectivity index (χ3v) is 0. The van der Waals surface area contributed by atoms with E-state index in [4.69, 9.17) is 0 Å². The first kappa shape index (κ1) is 16.9. The molecule has 0 saturated heterocycles. The Morgan fingerprint density at radius 2 is 1.40 bits per heavy atom. The summed E-state index contributed by atoms with van der Waals surface area (Å²) in [7, 11) is 0. The lowest BCUT2D eigenvalue weighted by Crippen LogP contribution is -0.623. The van der Waals surface area contributed by atoms with Gasteiger partial charge in [-0.05, 0) is 0 Å². The summed E-state index contributed by atoms with van der Waals surface area (Å²) >= 11 is 7.33. The highest BCUT2D eigenvalue weighted by molar-refractivity contribution is 9.38. The fourth-order valence-corrected chi connectivity index (χ4v) is 0. The van der Waals surface area contributed by atoms with Crippen LogP contribution in [0.25, 0.3) is 0 Å². The molecule has 1 atom stereocenters. The second-order valence-corrected chi connectivity index (χ2v) is 3.61. The van der Waals surface area contributed by atoms with Gasteiger partial charge >= 0.3 is 0 Å². The average molecular weight is 184 g/mol. The molecular weight excluding hydrogens is 181 g/mol. The predicted octanol–water partition coefficient (Wildman–Crippen LogP) is 1.74. The van der Waals surface area contributed by atoms with E-state index < -0.39 is 0 Å². The molecule has 0 aromatic carbocycles. The lowest BCUT2D eigenvalue weighted by atomic mass is 19.0. The summed E-state index contributed by atoms with van der Waals surface area (Å²) in [6, 6.07) is 0.479. The lowest BCUT2D eigenvalue weighted by Gasteiger charge is -1.00. The second kappa shape index (κ2) is 20.9. The molecule has 0 nitrogen and oxygen atoms in total. The Bertz CT molecular complexity index is 17.1. The van der Waals surface area contributed by atoms with E-state index in [0.717, 1.165) is 0 Å². The van der Waals surface area contributed by atoms with Crippen molar-refractivity contribution in [2.45, 2.75) is 0 Å². The van der Waals surface area contributed by atoms with E-state index >= 15 is 0 Å². The lowest BCUT2D eigenvalue weighted by molar-refractivity contribution is 1.11. The Morgan fingerprint density at radius 1 is 1.40 bits per heavy atom. The van der Waals surface area contributed by atoms with Gasteiger partial charge in [0.2, 0.25) is 21.5 Å². The van der Waals surface area contributed by atoms with E-state index in [1.807, 2.05) is 0 Å². The molecule has 0 heterocycles. The van der Waals surface area contributed by atoms with Gasteiger partial charge in [-0.1, -0.05) is 0 Å². The highest BCUT2D eigenvalue weighted by Gasteiger charge is 1.45. The van der Waals surface area contributed by atoms with Crippen molar-refractivity contribution in [3.63, 3.8) is 0 Å². The van der Waals surface area contributed by atoms with Crippen LogP contribution in [0.4, 0.5) is 9.41 Å². The van der Waals surface area contributed by atoms with E-state index in [1.165, 1.54) is 0 Å². The summed E-state index contributed by atoms with van der Waals surface area (Å²) in [6.07, 6.45) is 0. The molecule has 0 amide bonds. The monoisotopic (exact) mass is 183 g/mol. The maximum Gasteiger partial charge on any atom is 0.238 e. The Kier molecular flexibility index (Phi) is 70.8. The summed E-state index contributed by atoms with van der Waals surface area (Å²) in [5.74, 6) is 0. The van der Waals surface area contributed by atoms with Crippen LogP contribution < -0.4 is 0 Å². The van der Waals surface area contributed by atoms with Crippen LogP contribution in [0.3, 0.4) is 0 Å². The summed E-state index contributed by atoms with van der Waals surface area (Å²) in [5, 5.41) is 0. The molecule has 0 aliphatic rings. The van der Waals surface area contributed by atoms with Crippen molar-refractivity contribution in [2.24, 2.45) is 0 Å². The smallest absolute Gasteiger partial charge is 0.238 e. The Balaban J connectivity index is -0.0000000200. The van der Waals surface area contributed by atoms with Crippen LogP contribution in [0, 0.1) is 0 Å². The molecule has 1 unspecified atom stereocenters. The van der Waals surface area contributed by atoms with Gasteiger partial charge in [0.15, 0.2) is 11.8 Å². The molecule has 0 fully saturated rings. The minimum atomic E-state index is 0. The zero-order valence-electron chi connectivity index (χ0n) is 2.10. The summed E-state index contributed by atoms with van der Waals surface area (Å²) in [6.45, 7) is 0. The van der Waals surface area contributed by atoms with Crippen molar-refractivity contribution >= 4 is 33.4 Å². The highest BCUT2D eigenvalue weighted by atomic mass is 79.9. The molecule has 34 valence electrons. The fourth-order valence-electron chi connectivity index (χ4n) is 0. The Morgan fingerprint density at radius 3 is 1.40 bits per heavy atom. The van der Waals surface area contributed by atoms with E-state index in [9.17, 15) is 0 Å². The average Bonchev–Trinajstić information content (AvgIpc) is 0.918. The van der Waals surface area contributed by atoms with Gasteiger partial charge in [0, 0.05) is 0 Å². The van der Waals surface area contributed by atoms with Gasteiger partial charge in [-0.25, -0.2) is 0 Å². The summed E-state index contributed by atoms with van der Waals surface area (Å²) < 4.78 is 0. The fraction of sp³-hybridized carbons (Fsp3) is 0. The van der Waals surface area contributed by atoms with Crippen LogP contribution in [0.15, 0.2) is 0 Å². The predicted molar refractivity (Wildman–Crippen MR) is 29.6 cm³/mol. The minimum Gasteiger partial charge on any atom is -0.269 e. The quantitative estimate of drug-likeness (QED) is 0.516. The van der Waals surface area contributed by atoms with Gasteiger partial charge in [0.25, 0.3) is 0 Å². The maximum atomic E-state index is 4.34. The van der Waals surface area contributed by atoms with Crippen LogP contribution >= 0.6 is 21.5 Å². The van der Waals surface area contributed by atoms with E-state index in [0.29, 0.717) is 6.06 Å². The van der Waals surface area contributed by atoms with E-state index in [2.05, 4.69) is 27.3 Å². The molecule has 0 aliphatic heterocycles. The molecule has 0 radical (unpaired) electrons. The molecule has 0 aliphatic carbocycles. The molecule has 0 spiro atoms. The third-order valence-electron chi connectivity index (χ3n) is 0. The molecule has 0 aromatic rings. The van der Waals surface area contributed by atoms with Crippen molar-refractivity contribution in [3.8, 4) is 0 Å². The Labute approximate surface area is 43.3 Å². The molecule has 0 aromatic heterocycles. The van der Waals surface area contributed by atoms with Crippen LogP contribution in [0.2, 0.25) is 0 Å². The van der Waals surface area contributed by atoms with E-state index in [-0.39, 0.29) is 9.41 Å². The van der Waals surface area contributed by atoms with Crippen LogP contribution in [0.1, 0.15) is 0 Å². The maximum absolute atomic E-state index is 4.34. The zero-order chi connectivity index (χ0) is 2.71. The number of rotatable bonds is 0. The minimum absolute atomic E-state index is 0. The molecule has 0 bridgehead atoms.